The second-order valence-corrected chi connectivity index (χ2v) is 6.41. The highest BCUT2D eigenvalue weighted by molar-refractivity contribution is 6.32. The molecule has 126 valence electrons. The SMILES string of the molecule is NC(=O)[C@H]1CCCN(c2ccccc2CNc2ncccc2Cl)C1. The van der Waals surface area contributed by atoms with Crippen molar-refractivity contribution in [2.75, 3.05) is 23.3 Å². The molecule has 1 aliphatic rings. The number of para-hydroxylation sites is 1. The second-order valence-electron chi connectivity index (χ2n) is 6.00. The van der Waals surface area contributed by atoms with Gasteiger partial charge in [0.25, 0.3) is 0 Å². The van der Waals surface area contributed by atoms with E-state index in [9.17, 15) is 4.79 Å². The van der Waals surface area contributed by atoms with Crippen molar-refractivity contribution >= 4 is 29.0 Å². The number of primary amides is 1. The van der Waals surface area contributed by atoms with Crippen molar-refractivity contribution < 1.29 is 4.79 Å². The molecule has 1 atom stereocenters. The Morgan fingerprint density at radius 2 is 2.17 bits per heavy atom. The lowest BCUT2D eigenvalue weighted by atomic mass is 9.96. The molecule has 1 saturated heterocycles. The average molecular weight is 345 g/mol. The van der Waals surface area contributed by atoms with Gasteiger partial charge in [-0.3, -0.25) is 4.79 Å². The van der Waals surface area contributed by atoms with Gasteiger partial charge in [-0.25, -0.2) is 4.98 Å². The Bertz CT molecular complexity index is 722. The fourth-order valence-corrected chi connectivity index (χ4v) is 3.28. The number of aromatic nitrogens is 1. The number of piperidine rings is 1. The molecule has 3 rings (SSSR count). The van der Waals surface area contributed by atoms with Crippen LogP contribution >= 0.6 is 11.6 Å². The van der Waals surface area contributed by atoms with Crippen LogP contribution < -0.4 is 16.0 Å². The number of benzene rings is 1. The molecule has 0 aliphatic carbocycles. The molecular weight excluding hydrogens is 324 g/mol. The Morgan fingerprint density at radius 1 is 1.33 bits per heavy atom. The van der Waals surface area contributed by atoms with Gasteiger partial charge in [0.1, 0.15) is 5.82 Å². The number of carbonyl (C=O) groups is 1. The highest BCUT2D eigenvalue weighted by Crippen LogP contribution is 2.27. The largest absolute Gasteiger partial charge is 0.370 e. The maximum atomic E-state index is 11.5. The first kappa shape index (κ1) is 16.6. The van der Waals surface area contributed by atoms with Gasteiger partial charge in [0.2, 0.25) is 5.91 Å². The standard InChI is InChI=1S/C18H21ClN4O/c19-15-7-3-9-21-18(15)22-11-13-5-1-2-8-16(13)23-10-4-6-14(12-23)17(20)24/h1-3,5,7-9,14H,4,6,10-12H2,(H2,20,24)(H,21,22)/t14-/m0/s1. The van der Waals surface area contributed by atoms with Crippen LogP contribution in [0.1, 0.15) is 18.4 Å². The molecule has 0 radical (unpaired) electrons. The summed E-state index contributed by atoms with van der Waals surface area (Å²) in [6.07, 6.45) is 3.56. The van der Waals surface area contributed by atoms with Crippen LogP contribution in [-0.2, 0) is 11.3 Å². The van der Waals surface area contributed by atoms with E-state index in [0.29, 0.717) is 23.9 Å². The quantitative estimate of drug-likeness (QED) is 0.874. The fourth-order valence-electron chi connectivity index (χ4n) is 3.09. The van der Waals surface area contributed by atoms with E-state index in [-0.39, 0.29) is 11.8 Å². The van der Waals surface area contributed by atoms with Gasteiger partial charge in [-0.15, -0.1) is 0 Å². The van der Waals surface area contributed by atoms with Crippen molar-refractivity contribution in [1.29, 1.82) is 0 Å². The molecule has 0 spiro atoms. The summed E-state index contributed by atoms with van der Waals surface area (Å²) in [5, 5.41) is 3.88. The number of nitrogens with two attached hydrogens (primary N) is 1. The summed E-state index contributed by atoms with van der Waals surface area (Å²) in [4.78, 5) is 18.0. The van der Waals surface area contributed by atoms with E-state index >= 15 is 0 Å². The first-order valence-electron chi connectivity index (χ1n) is 8.11. The highest BCUT2D eigenvalue weighted by atomic mass is 35.5. The normalized spacial score (nSPS) is 17.5. The van der Waals surface area contributed by atoms with E-state index in [2.05, 4.69) is 27.3 Å². The molecule has 1 amide bonds. The van der Waals surface area contributed by atoms with E-state index in [4.69, 9.17) is 17.3 Å². The Kier molecular flexibility index (Phi) is 5.20. The van der Waals surface area contributed by atoms with Crippen molar-refractivity contribution in [2.24, 2.45) is 11.7 Å². The van der Waals surface area contributed by atoms with Crippen molar-refractivity contribution in [2.45, 2.75) is 19.4 Å². The molecule has 0 saturated carbocycles. The minimum atomic E-state index is -0.212. The topological polar surface area (TPSA) is 71.2 Å². The monoisotopic (exact) mass is 344 g/mol. The number of rotatable bonds is 5. The molecule has 6 heteroatoms. The van der Waals surface area contributed by atoms with Crippen molar-refractivity contribution in [3.05, 3.63) is 53.2 Å². The number of anilines is 2. The van der Waals surface area contributed by atoms with Crippen LogP contribution in [0, 0.1) is 5.92 Å². The number of hydrogen-bond donors (Lipinski definition) is 2. The van der Waals surface area contributed by atoms with E-state index in [1.54, 1.807) is 12.3 Å². The van der Waals surface area contributed by atoms with Gasteiger partial charge in [0, 0.05) is 31.5 Å². The van der Waals surface area contributed by atoms with Crippen LogP contribution in [0.4, 0.5) is 11.5 Å². The minimum absolute atomic E-state index is 0.0787. The van der Waals surface area contributed by atoms with Gasteiger partial charge in [0.15, 0.2) is 0 Å². The van der Waals surface area contributed by atoms with Crippen LogP contribution in [0.3, 0.4) is 0 Å². The van der Waals surface area contributed by atoms with Crippen LogP contribution in [-0.4, -0.2) is 24.0 Å². The molecule has 2 heterocycles. The van der Waals surface area contributed by atoms with Gasteiger partial charge < -0.3 is 16.0 Å². The minimum Gasteiger partial charge on any atom is -0.370 e. The summed E-state index contributed by atoms with van der Waals surface area (Å²) < 4.78 is 0. The number of halogens is 1. The maximum absolute atomic E-state index is 11.5. The first-order valence-corrected chi connectivity index (χ1v) is 8.49. The molecule has 3 N–H and O–H groups in total. The smallest absolute Gasteiger partial charge is 0.222 e. The van der Waals surface area contributed by atoms with Gasteiger partial charge in [-0.1, -0.05) is 29.8 Å². The third-order valence-corrected chi connectivity index (χ3v) is 4.67. The number of amides is 1. The van der Waals surface area contributed by atoms with Gasteiger partial charge in [-0.2, -0.15) is 0 Å². The third kappa shape index (κ3) is 3.79. The number of pyridine rings is 1. The fraction of sp³-hybridized carbons (Fsp3) is 0.333. The lowest BCUT2D eigenvalue weighted by Gasteiger charge is -2.34. The Labute approximate surface area is 146 Å². The molecular formula is C18H21ClN4O. The van der Waals surface area contributed by atoms with Crippen LogP contribution in [0.5, 0.6) is 0 Å². The summed E-state index contributed by atoms with van der Waals surface area (Å²) >= 11 is 6.15. The third-order valence-electron chi connectivity index (χ3n) is 4.36. The lowest BCUT2D eigenvalue weighted by molar-refractivity contribution is -0.122. The first-order chi connectivity index (χ1) is 11.6. The molecule has 1 fully saturated rings. The molecule has 24 heavy (non-hydrogen) atoms. The molecule has 2 aromatic rings. The van der Waals surface area contributed by atoms with E-state index in [1.807, 2.05) is 18.2 Å². The predicted octanol–water partition coefficient (Wildman–Crippen LogP) is 3.05. The molecule has 5 nitrogen and oxygen atoms in total. The van der Waals surface area contributed by atoms with Crippen molar-refractivity contribution in [1.82, 2.24) is 4.98 Å². The molecule has 1 aromatic heterocycles. The van der Waals surface area contributed by atoms with E-state index < -0.39 is 0 Å². The molecule has 1 aromatic carbocycles. The van der Waals surface area contributed by atoms with E-state index in [0.717, 1.165) is 30.6 Å². The summed E-state index contributed by atoms with van der Waals surface area (Å²) in [5.41, 5.74) is 7.77. The molecule has 1 aliphatic heterocycles. The summed E-state index contributed by atoms with van der Waals surface area (Å²) in [5.74, 6) is 0.378. The molecule has 0 bridgehead atoms. The second kappa shape index (κ2) is 7.53. The van der Waals surface area contributed by atoms with Crippen molar-refractivity contribution in [3.8, 4) is 0 Å². The summed E-state index contributed by atoms with van der Waals surface area (Å²) in [6, 6.07) is 11.8. The van der Waals surface area contributed by atoms with Gasteiger partial charge in [0.05, 0.1) is 10.9 Å². The number of nitrogens with zero attached hydrogens (tertiary/aromatic N) is 2. The van der Waals surface area contributed by atoms with Crippen LogP contribution in [0.2, 0.25) is 5.02 Å². The lowest BCUT2D eigenvalue weighted by Crippen LogP contribution is -2.41. The highest BCUT2D eigenvalue weighted by Gasteiger charge is 2.25. The zero-order chi connectivity index (χ0) is 16.9. The zero-order valence-electron chi connectivity index (χ0n) is 13.4. The average Bonchev–Trinajstić information content (AvgIpc) is 2.61. The number of nitrogens with one attached hydrogen (secondary N) is 1. The van der Waals surface area contributed by atoms with Crippen LogP contribution in [0.15, 0.2) is 42.6 Å². The zero-order valence-corrected chi connectivity index (χ0v) is 14.2. The Morgan fingerprint density at radius 3 is 2.96 bits per heavy atom. The van der Waals surface area contributed by atoms with Crippen molar-refractivity contribution in [3.63, 3.8) is 0 Å². The maximum Gasteiger partial charge on any atom is 0.222 e. The molecule has 0 unspecified atom stereocenters. The Hall–Kier alpha value is -2.27. The van der Waals surface area contributed by atoms with Gasteiger partial charge >= 0.3 is 0 Å². The number of hydrogen-bond acceptors (Lipinski definition) is 4. The summed E-state index contributed by atoms with van der Waals surface area (Å²) in [7, 11) is 0. The van der Waals surface area contributed by atoms with Gasteiger partial charge in [-0.05, 0) is 36.6 Å². The predicted molar refractivity (Wildman–Crippen MR) is 97.1 cm³/mol. The van der Waals surface area contributed by atoms with E-state index in [1.165, 1.54) is 0 Å². The summed E-state index contributed by atoms with van der Waals surface area (Å²) in [6.45, 7) is 2.23. The van der Waals surface area contributed by atoms with Crippen LogP contribution in [0.25, 0.3) is 0 Å². The Balaban J connectivity index is 1.75. The number of carbonyl (C=O) groups excluding carboxylic acids is 1.